The Bertz CT molecular complexity index is 912. The lowest BCUT2D eigenvalue weighted by Gasteiger charge is -2.35. The zero-order valence-corrected chi connectivity index (χ0v) is 17.4. The number of fused-ring (bicyclic) bond motifs is 1. The highest BCUT2D eigenvalue weighted by molar-refractivity contribution is 5.60. The summed E-state index contributed by atoms with van der Waals surface area (Å²) in [6.07, 6.45) is 1.85. The van der Waals surface area contributed by atoms with Gasteiger partial charge in [-0.3, -0.25) is 0 Å². The van der Waals surface area contributed by atoms with E-state index in [4.69, 9.17) is 4.98 Å². The Morgan fingerprint density at radius 2 is 1.90 bits per heavy atom. The Morgan fingerprint density at radius 3 is 2.67 bits per heavy atom. The molecule has 162 valence electrons. The van der Waals surface area contributed by atoms with Crippen molar-refractivity contribution >= 4 is 17.5 Å². The molecule has 1 aromatic carbocycles. The first-order chi connectivity index (χ1) is 14.3. The van der Waals surface area contributed by atoms with E-state index in [0.717, 1.165) is 69.2 Å². The van der Waals surface area contributed by atoms with Crippen LogP contribution in [-0.2, 0) is 19.0 Å². The molecule has 1 fully saturated rings. The van der Waals surface area contributed by atoms with E-state index in [2.05, 4.69) is 20.5 Å². The molecule has 5 nitrogen and oxygen atoms in total. The van der Waals surface area contributed by atoms with Gasteiger partial charge >= 0.3 is 6.18 Å². The quantitative estimate of drug-likeness (QED) is 0.758. The molecule has 1 aromatic heterocycles. The largest absolute Gasteiger partial charge is 0.416 e. The molecule has 2 heterocycles. The molecule has 1 unspecified atom stereocenters. The van der Waals surface area contributed by atoms with E-state index < -0.39 is 11.7 Å². The predicted molar refractivity (Wildman–Crippen MR) is 112 cm³/mol. The average Bonchev–Trinajstić information content (AvgIpc) is 2.74. The van der Waals surface area contributed by atoms with Crippen molar-refractivity contribution in [2.45, 2.75) is 57.7 Å². The topological polar surface area (TPSA) is 53.1 Å². The number of halogens is 3. The van der Waals surface area contributed by atoms with Gasteiger partial charge in [-0.1, -0.05) is 6.07 Å². The fourth-order valence-corrected chi connectivity index (χ4v) is 4.43. The van der Waals surface area contributed by atoms with Crippen LogP contribution in [0.2, 0.25) is 0 Å². The molecule has 1 atom stereocenters. The van der Waals surface area contributed by atoms with Gasteiger partial charge in [-0.25, -0.2) is 4.98 Å². The Balaban J connectivity index is 1.68. The molecule has 0 amide bonds. The second-order valence-electron chi connectivity index (χ2n) is 8.23. The molecular formula is C22H28F3N5. The minimum atomic E-state index is -4.39. The summed E-state index contributed by atoms with van der Waals surface area (Å²) < 4.78 is 39.9. The first-order valence-corrected chi connectivity index (χ1v) is 10.6. The van der Waals surface area contributed by atoms with Gasteiger partial charge in [-0.2, -0.15) is 18.2 Å². The van der Waals surface area contributed by atoms with Crippen molar-refractivity contribution in [3.8, 4) is 0 Å². The van der Waals surface area contributed by atoms with Gasteiger partial charge in [-0.15, -0.1) is 0 Å². The summed E-state index contributed by atoms with van der Waals surface area (Å²) in [6, 6.07) is 4.67. The van der Waals surface area contributed by atoms with E-state index in [9.17, 15) is 13.2 Å². The molecule has 2 aliphatic rings. The SMILES string of the molecule is CNC1CCCN(c2nc(Nc3ccc(C)c(C(F)(F)F)c3)nc3c2CCCC3)C1. The van der Waals surface area contributed by atoms with Crippen LogP contribution >= 0.6 is 0 Å². The summed E-state index contributed by atoms with van der Waals surface area (Å²) in [7, 11) is 1.98. The van der Waals surface area contributed by atoms with Crippen LogP contribution in [-0.4, -0.2) is 36.1 Å². The molecule has 1 saturated heterocycles. The van der Waals surface area contributed by atoms with Crippen molar-refractivity contribution in [3.63, 3.8) is 0 Å². The number of aryl methyl sites for hydroxylation is 2. The zero-order chi connectivity index (χ0) is 21.3. The van der Waals surface area contributed by atoms with Crippen molar-refractivity contribution in [2.75, 3.05) is 30.4 Å². The summed E-state index contributed by atoms with van der Waals surface area (Å²) >= 11 is 0. The lowest BCUT2D eigenvalue weighted by Crippen LogP contribution is -2.45. The van der Waals surface area contributed by atoms with E-state index in [-0.39, 0.29) is 5.56 Å². The maximum atomic E-state index is 13.3. The number of likely N-dealkylation sites (N-methyl/N-ethyl adjacent to an activating group) is 1. The minimum absolute atomic E-state index is 0.200. The molecular weight excluding hydrogens is 391 g/mol. The first-order valence-electron chi connectivity index (χ1n) is 10.6. The van der Waals surface area contributed by atoms with Gasteiger partial charge in [-0.05, 0) is 70.2 Å². The third kappa shape index (κ3) is 4.38. The molecule has 0 spiro atoms. The highest BCUT2D eigenvalue weighted by Crippen LogP contribution is 2.35. The molecule has 2 N–H and O–H groups in total. The third-order valence-electron chi connectivity index (χ3n) is 6.09. The highest BCUT2D eigenvalue weighted by atomic mass is 19.4. The van der Waals surface area contributed by atoms with Gasteiger partial charge in [0.15, 0.2) is 0 Å². The van der Waals surface area contributed by atoms with Crippen LogP contribution in [0.25, 0.3) is 0 Å². The Hall–Kier alpha value is -2.35. The third-order valence-corrected chi connectivity index (χ3v) is 6.09. The Kier molecular flexibility index (Phi) is 5.86. The van der Waals surface area contributed by atoms with E-state index in [1.165, 1.54) is 18.6 Å². The Labute approximate surface area is 175 Å². The monoisotopic (exact) mass is 419 g/mol. The number of rotatable bonds is 4. The fourth-order valence-electron chi connectivity index (χ4n) is 4.43. The molecule has 0 saturated carbocycles. The second kappa shape index (κ2) is 8.41. The van der Waals surface area contributed by atoms with E-state index >= 15 is 0 Å². The summed E-state index contributed by atoms with van der Waals surface area (Å²) in [5.74, 6) is 1.31. The zero-order valence-electron chi connectivity index (χ0n) is 17.4. The summed E-state index contributed by atoms with van der Waals surface area (Å²) in [5, 5.41) is 6.39. The van der Waals surface area contributed by atoms with E-state index in [0.29, 0.717) is 17.7 Å². The molecule has 4 rings (SSSR count). The number of nitrogens with zero attached hydrogens (tertiary/aromatic N) is 3. The number of benzene rings is 1. The van der Waals surface area contributed by atoms with Gasteiger partial charge in [0.2, 0.25) is 5.95 Å². The molecule has 1 aliphatic carbocycles. The molecule has 1 aliphatic heterocycles. The van der Waals surface area contributed by atoms with Gasteiger partial charge in [0.1, 0.15) is 5.82 Å². The number of piperidine rings is 1. The van der Waals surface area contributed by atoms with Crippen LogP contribution in [0.3, 0.4) is 0 Å². The molecule has 30 heavy (non-hydrogen) atoms. The van der Waals surface area contributed by atoms with Crippen molar-refractivity contribution in [1.82, 2.24) is 15.3 Å². The summed E-state index contributed by atoms with van der Waals surface area (Å²) in [5.41, 5.74) is 2.12. The number of anilines is 3. The van der Waals surface area contributed by atoms with Crippen LogP contribution in [0.5, 0.6) is 0 Å². The van der Waals surface area contributed by atoms with Crippen LogP contribution < -0.4 is 15.5 Å². The fraction of sp³-hybridized carbons (Fsp3) is 0.545. The smallest absolute Gasteiger partial charge is 0.355 e. The van der Waals surface area contributed by atoms with Gasteiger partial charge in [0.25, 0.3) is 0 Å². The average molecular weight is 419 g/mol. The lowest BCUT2D eigenvalue weighted by atomic mass is 9.95. The van der Waals surface area contributed by atoms with Gasteiger partial charge in [0, 0.05) is 30.4 Å². The number of alkyl halides is 3. The van der Waals surface area contributed by atoms with Crippen LogP contribution in [0.4, 0.5) is 30.6 Å². The van der Waals surface area contributed by atoms with Crippen molar-refractivity contribution in [1.29, 1.82) is 0 Å². The number of aromatic nitrogens is 2. The molecule has 2 aromatic rings. The van der Waals surface area contributed by atoms with Crippen LogP contribution in [0.15, 0.2) is 18.2 Å². The Morgan fingerprint density at radius 1 is 1.10 bits per heavy atom. The summed E-state index contributed by atoms with van der Waals surface area (Å²) in [6.45, 7) is 3.28. The van der Waals surface area contributed by atoms with Crippen molar-refractivity contribution < 1.29 is 13.2 Å². The van der Waals surface area contributed by atoms with E-state index in [1.807, 2.05) is 7.05 Å². The number of hydrogen-bond acceptors (Lipinski definition) is 5. The van der Waals surface area contributed by atoms with Crippen LogP contribution in [0.1, 0.15) is 48.1 Å². The molecule has 0 radical (unpaired) electrons. The minimum Gasteiger partial charge on any atom is -0.355 e. The summed E-state index contributed by atoms with van der Waals surface area (Å²) in [4.78, 5) is 11.8. The van der Waals surface area contributed by atoms with Crippen molar-refractivity contribution in [2.24, 2.45) is 0 Å². The predicted octanol–water partition coefficient (Wildman–Crippen LogP) is 4.61. The van der Waals surface area contributed by atoms with Crippen LogP contribution in [0, 0.1) is 6.92 Å². The van der Waals surface area contributed by atoms with Gasteiger partial charge < -0.3 is 15.5 Å². The normalized spacial score (nSPS) is 19.5. The highest BCUT2D eigenvalue weighted by Gasteiger charge is 2.32. The van der Waals surface area contributed by atoms with E-state index in [1.54, 1.807) is 6.07 Å². The number of nitrogens with one attached hydrogen (secondary N) is 2. The maximum Gasteiger partial charge on any atom is 0.416 e. The van der Waals surface area contributed by atoms with Gasteiger partial charge in [0.05, 0.1) is 11.3 Å². The van der Waals surface area contributed by atoms with Crippen molar-refractivity contribution in [3.05, 3.63) is 40.6 Å². The lowest BCUT2D eigenvalue weighted by molar-refractivity contribution is -0.138. The maximum absolute atomic E-state index is 13.3. The number of hydrogen-bond donors (Lipinski definition) is 2. The first kappa shape index (κ1) is 20.9. The second-order valence-corrected chi connectivity index (χ2v) is 8.23. The molecule has 0 bridgehead atoms. The molecule has 8 heteroatoms. The standard InChI is InChI=1S/C22H28F3N5/c1-14-9-10-15(12-18(14)22(23,24)25)27-21-28-19-8-4-3-7-17(19)20(29-21)30-11-5-6-16(13-30)26-2/h9-10,12,16,26H,3-8,11,13H2,1-2H3,(H,27,28,29).